The third kappa shape index (κ3) is 1.76. The lowest BCUT2D eigenvalue weighted by atomic mass is 10.1. The molecule has 16 heavy (non-hydrogen) atoms. The maximum atomic E-state index is 11.0. The van der Waals surface area contributed by atoms with E-state index in [1.165, 1.54) is 24.0 Å². The summed E-state index contributed by atoms with van der Waals surface area (Å²) in [6, 6.07) is 3.11. The van der Waals surface area contributed by atoms with E-state index in [0.717, 1.165) is 0 Å². The molecule has 0 bridgehead atoms. The number of aromatic nitrogens is 1. The van der Waals surface area contributed by atoms with Crippen LogP contribution in [0.2, 0.25) is 0 Å². The van der Waals surface area contributed by atoms with Crippen LogP contribution in [0.3, 0.4) is 0 Å². The number of aromatic hydroxyl groups is 1. The number of carboxylic acid groups (broad SMARTS) is 1. The quantitative estimate of drug-likeness (QED) is 0.806. The molecule has 0 fully saturated rings. The maximum Gasteiger partial charge on any atom is 0.332 e. The van der Waals surface area contributed by atoms with Gasteiger partial charge in [0.1, 0.15) is 16.5 Å². The summed E-state index contributed by atoms with van der Waals surface area (Å²) in [6.45, 7) is 1.55. The number of aliphatic imine (C=N–C) groups is 1. The summed E-state index contributed by atoms with van der Waals surface area (Å²) in [4.78, 5) is 19.1. The van der Waals surface area contributed by atoms with Gasteiger partial charge in [0.25, 0.3) is 0 Å². The molecule has 6 heteroatoms. The van der Waals surface area contributed by atoms with E-state index in [-0.39, 0.29) is 5.75 Å². The van der Waals surface area contributed by atoms with Crippen molar-refractivity contribution in [1.82, 2.24) is 4.98 Å². The van der Waals surface area contributed by atoms with E-state index in [4.69, 9.17) is 5.11 Å². The lowest BCUT2D eigenvalue weighted by Gasteiger charge is -2.11. The van der Waals surface area contributed by atoms with Crippen LogP contribution in [-0.2, 0) is 4.79 Å². The van der Waals surface area contributed by atoms with E-state index in [9.17, 15) is 9.90 Å². The second-order valence-electron chi connectivity index (χ2n) is 3.66. The molecule has 0 unspecified atom stereocenters. The highest BCUT2D eigenvalue weighted by Crippen LogP contribution is 2.32. The minimum absolute atomic E-state index is 0.0170. The molecular formula is C10H10N2O3S. The standard InChI is InChI=1S/C10H10N2O3S/c1-10(9(14)15)5-16-8(12-10)7-6(13)3-2-4-11-7/h2-4,13H,5H2,1H3,(H,14,15)/t10-/m1/s1. The Morgan fingerprint density at radius 3 is 2.94 bits per heavy atom. The number of carbonyl (C=O) groups is 1. The van der Waals surface area contributed by atoms with Crippen LogP contribution in [0.15, 0.2) is 23.3 Å². The average molecular weight is 238 g/mol. The lowest BCUT2D eigenvalue weighted by molar-refractivity contribution is -0.141. The van der Waals surface area contributed by atoms with Crippen LogP contribution in [0, 0.1) is 0 Å². The first kappa shape index (κ1) is 10.9. The number of rotatable bonds is 2. The zero-order valence-electron chi connectivity index (χ0n) is 8.54. The van der Waals surface area contributed by atoms with Crippen molar-refractivity contribution in [1.29, 1.82) is 0 Å². The first-order valence-corrected chi connectivity index (χ1v) is 5.62. The van der Waals surface area contributed by atoms with Gasteiger partial charge in [0.15, 0.2) is 5.54 Å². The summed E-state index contributed by atoms with van der Waals surface area (Å²) >= 11 is 1.29. The normalized spacial score (nSPS) is 24.2. The highest BCUT2D eigenvalue weighted by Gasteiger charge is 2.39. The van der Waals surface area contributed by atoms with Crippen molar-refractivity contribution < 1.29 is 15.0 Å². The van der Waals surface area contributed by atoms with E-state index in [2.05, 4.69) is 9.98 Å². The Balaban J connectivity index is 2.39. The Labute approximate surface area is 96.2 Å². The van der Waals surface area contributed by atoms with Gasteiger partial charge >= 0.3 is 5.97 Å². The smallest absolute Gasteiger partial charge is 0.332 e. The van der Waals surface area contributed by atoms with Gasteiger partial charge in [-0.3, -0.25) is 9.98 Å². The van der Waals surface area contributed by atoms with Crippen LogP contribution in [0.5, 0.6) is 5.75 Å². The monoisotopic (exact) mass is 238 g/mol. The lowest BCUT2D eigenvalue weighted by Crippen LogP contribution is -2.33. The van der Waals surface area contributed by atoms with E-state index >= 15 is 0 Å². The van der Waals surface area contributed by atoms with Gasteiger partial charge in [-0.15, -0.1) is 11.8 Å². The van der Waals surface area contributed by atoms with E-state index < -0.39 is 11.5 Å². The Bertz CT molecular complexity index is 475. The van der Waals surface area contributed by atoms with Crippen molar-refractivity contribution in [2.75, 3.05) is 5.75 Å². The van der Waals surface area contributed by atoms with E-state index in [0.29, 0.717) is 16.5 Å². The molecule has 5 nitrogen and oxygen atoms in total. The molecular weight excluding hydrogens is 228 g/mol. The predicted octanol–water partition coefficient (Wildman–Crippen LogP) is 1.12. The average Bonchev–Trinajstić information content (AvgIpc) is 2.63. The van der Waals surface area contributed by atoms with Crippen molar-refractivity contribution in [3.05, 3.63) is 24.0 Å². The summed E-state index contributed by atoms with van der Waals surface area (Å²) in [5, 5.41) is 19.1. The van der Waals surface area contributed by atoms with Gasteiger partial charge < -0.3 is 10.2 Å². The summed E-state index contributed by atoms with van der Waals surface area (Å²) < 4.78 is 0. The molecule has 1 aliphatic rings. The van der Waals surface area contributed by atoms with E-state index in [1.807, 2.05) is 0 Å². The highest BCUT2D eigenvalue weighted by molar-refractivity contribution is 8.14. The SMILES string of the molecule is C[C@]1(C(=O)O)CSC(c2ncccc2O)=N1. The zero-order chi connectivity index (χ0) is 11.8. The summed E-state index contributed by atoms with van der Waals surface area (Å²) in [7, 11) is 0. The molecule has 0 saturated carbocycles. The van der Waals surface area contributed by atoms with Gasteiger partial charge in [-0.1, -0.05) is 0 Å². The van der Waals surface area contributed by atoms with Gasteiger partial charge in [0.2, 0.25) is 0 Å². The van der Waals surface area contributed by atoms with Crippen LogP contribution >= 0.6 is 11.8 Å². The number of hydrogen-bond acceptors (Lipinski definition) is 5. The molecule has 2 rings (SSSR count). The predicted molar refractivity (Wildman–Crippen MR) is 60.9 cm³/mol. The highest BCUT2D eigenvalue weighted by atomic mass is 32.2. The van der Waals surface area contributed by atoms with Crippen LogP contribution in [-0.4, -0.2) is 37.5 Å². The van der Waals surface area contributed by atoms with Crippen LogP contribution < -0.4 is 0 Å². The molecule has 1 atom stereocenters. The minimum atomic E-state index is -1.12. The number of pyridine rings is 1. The molecule has 0 aliphatic carbocycles. The van der Waals surface area contributed by atoms with Gasteiger partial charge in [-0.25, -0.2) is 4.79 Å². The molecule has 0 amide bonds. The number of hydrogen-bond donors (Lipinski definition) is 2. The first-order valence-electron chi connectivity index (χ1n) is 4.63. The molecule has 2 heterocycles. The molecule has 0 radical (unpaired) electrons. The second-order valence-corrected chi connectivity index (χ2v) is 4.62. The molecule has 1 aliphatic heterocycles. The third-order valence-electron chi connectivity index (χ3n) is 2.29. The molecule has 0 spiro atoms. The maximum absolute atomic E-state index is 11.0. The van der Waals surface area contributed by atoms with Crippen molar-refractivity contribution in [3.8, 4) is 5.75 Å². The van der Waals surface area contributed by atoms with Gasteiger partial charge in [-0.05, 0) is 19.1 Å². The number of carboxylic acids is 1. The van der Waals surface area contributed by atoms with Crippen LogP contribution in [0.4, 0.5) is 0 Å². The molecule has 0 aromatic carbocycles. The van der Waals surface area contributed by atoms with Crippen LogP contribution in [0.1, 0.15) is 12.6 Å². The Kier molecular flexibility index (Phi) is 2.59. The molecule has 1 aromatic rings. The fourth-order valence-electron chi connectivity index (χ4n) is 1.29. The van der Waals surface area contributed by atoms with Gasteiger partial charge in [-0.2, -0.15) is 0 Å². The first-order chi connectivity index (χ1) is 7.53. The summed E-state index contributed by atoms with van der Waals surface area (Å²) in [5.41, 5.74) is -0.776. The van der Waals surface area contributed by atoms with Gasteiger partial charge in [0, 0.05) is 11.9 Å². The molecule has 84 valence electrons. The minimum Gasteiger partial charge on any atom is -0.506 e. The van der Waals surface area contributed by atoms with E-state index in [1.54, 1.807) is 13.0 Å². The fourth-order valence-corrected chi connectivity index (χ4v) is 2.46. The fraction of sp³-hybridized carbons (Fsp3) is 0.300. The van der Waals surface area contributed by atoms with Crippen molar-refractivity contribution in [2.24, 2.45) is 4.99 Å². The Hall–Kier alpha value is -1.56. The van der Waals surface area contributed by atoms with Gasteiger partial charge in [0.05, 0.1) is 0 Å². The largest absolute Gasteiger partial charge is 0.506 e. The molecule has 0 saturated heterocycles. The topological polar surface area (TPSA) is 82.8 Å². The van der Waals surface area contributed by atoms with Crippen molar-refractivity contribution >= 4 is 22.8 Å². The van der Waals surface area contributed by atoms with Crippen molar-refractivity contribution in [2.45, 2.75) is 12.5 Å². The summed E-state index contributed by atoms with van der Waals surface area (Å²) in [6.07, 6.45) is 1.54. The second kappa shape index (κ2) is 3.79. The summed E-state index contributed by atoms with van der Waals surface area (Å²) in [5.74, 6) is -0.595. The number of aliphatic carboxylic acids is 1. The van der Waals surface area contributed by atoms with Crippen molar-refractivity contribution in [3.63, 3.8) is 0 Å². The van der Waals surface area contributed by atoms with Crippen LogP contribution in [0.25, 0.3) is 0 Å². The third-order valence-corrected chi connectivity index (χ3v) is 3.55. The molecule has 2 N–H and O–H groups in total. The molecule has 1 aromatic heterocycles. The Morgan fingerprint density at radius 2 is 2.38 bits per heavy atom. The Morgan fingerprint density at radius 1 is 1.62 bits per heavy atom. The zero-order valence-corrected chi connectivity index (χ0v) is 9.36. The number of nitrogens with zero attached hydrogens (tertiary/aromatic N) is 2. The number of thioether (sulfide) groups is 1.